The first kappa shape index (κ1) is 22.2. The van der Waals surface area contributed by atoms with Crippen LogP contribution >= 0.6 is 23.1 Å². The highest BCUT2D eigenvalue weighted by atomic mass is 32.2. The number of nitrogens with one attached hydrogen (secondary N) is 1. The van der Waals surface area contributed by atoms with Crippen LogP contribution in [-0.2, 0) is 6.42 Å². The fourth-order valence-corrected chi connectivity index (χ4v) is 5.52. The predicted molar refractivity (Wildman–Crippen MR) is 130 cm³/mol. The molecule has 2 aromatic heterocycles. The Hall–Kier alpha value is -2.97. The standard InChI is InChI=1S/C24H22FN3O2S2/c1-13-19(25)7-6-17-16(14(2)32-23(13)17)8-9-26-22-11-20(27-12-28-22)15-4-5-18(24(29)30)21(10-15)31-3/h4-7,10-12H,8-9H2,1-3H3,(H,29,30)(H,26,27,28). The SMILES string of the molecule is CSc1cc(-c2cc(NCCc3c(C)sc4c(C)c(F)ccc34)ncn2)ccc1C(=O)O. The van der Waals surface area contributed by atoms with Gasteiger partial charge in [-0.25, -0.2) is 19.2 Å². The fourth-order valence-electron chi connectivity index (χ4n) is 3.71. The summed E-state index contributed by atoms with van der Waals surface area (Å²) in [6, 6.07) is 10.5. The Morgan fingerprint density at radius 3 is 2.75 bits per heavy atom. The van der Waals surface area contributed by atoms with Crippen LogP contribution in [0.25, 0.3) is 21.3 Å². The summed E-state index contributed by atoms with van der Waals surface area (Å²) in [5, 5.41) is 13.8. The first-order valence-electron chi connectivity index (χ1n) is 10.0. The average molecular weight is 468 g/mol. The number of fused-ring (bicyclic) bond motifs is 1. The summed E-state index contributed by atoms with van der Waals surface area (Å²) in [5.74, 6) is -0.416. The zero-order valence-corrected chi connectivity index (χ0v) is 19.5. The van der Waals surface area contributed by atoms with Crippen molar-refractivity contribution in [1.29, 1.82) is 0 Å². The summed E-state index contributed by atoms with van der Waals surface area (Å²) in [4.78, 5) is 21.9. The number of aromatic nitrogens is 2. The highest BCUT2D eigenvalue weighted by molar-refractivity contribution is 7.98. The number of carbonyl (C=O) groups is 1. The Labute approximate surface area is 193 Å². The second kappa shape index (κ2) is 9.26. The third-order valence-corrected chi connectivity index (χ3v) is 7.48. The largest absolute Gasteiger partial charge is 0.478 e. The Kier molecular flexibility index (Phi) is 6.43. The number of hydrogen-bond acceptors (Lipinski definition) is 6. The summed E-state index contributed by atoms with van der Waals surface area (Å²) in [6.45, 7) is 4.57. The number of thiophene rings is 1. The average Bonchev–Trinajstić information content (AvgIpc) is 3.12. The second-order valence-corrected chi connectivity index (χ2v) is 9.44. The quantitative estimate of drug-likeness (QED) is 0.316. The molecule has 164 valence electrons. The van der Waals surface area contributed by atoms with Crippen molar-refractivity contribution in [3.63, 3.8) is 0 Å². The fraction of sp³-hybridized carbons (Fsp3) is 0.208. The van der Waals surface area contributed by atoms with E-state index >= 15 is 0 Å². The molecule has 2 heterocycles. The van der Waals surface area contributed by atoms with E-state index in [1.165, 1.54) is 34.6 Å². The van der Waals surface area contributed by atoms with Gasteiger partial charge in [-0.15, -0.1) is 23.1 Å². The third kappa shape index (κ3) is 4.33. The molecule has 32 heavy (non-hydrogen) atoms. The molecular formula is C24H22FN3O2S2. The number of aryl methyl sites for hydroxylation is 2. The number of anilines is 1. The van der Waals surface area contributed by atoms with Crippen molar-refractivity contribution in [3.05, 3.63) is 70.1 Å². The second-order valence-electron chi connectivity index (χ2n) is 7.37. The van der Waals surface area contributed by atoms with Gasteiger partial charge in [-0.3, -0.25) is 0 Å². The lowest BCUT2D eigenvalue weighted by molar-refractivity contribution is 0.0693. The zero-order valence-electron chi connectivity index (χ0n) is 17.9. The molecule has 0 fully saturated rings. The minimum atomic E-state index is -0.944. The van der Waals surface area contributed by atoms with Crippen molar-refractivity contribution in [3.8, 4) is 11.3 Å². The van der Waals surface area contributed by atoms with Gasteiger partial charge in [0.1, 0.15) is 18.0 Å². The lowest BCUT2D eigenvalue weighted by Crippen LogP contribution is -2.07. The van der Waals surface area contributed by atoms with Crippen molar-refractivity contribution in [2.75, 3.05) is 18.1 Å². The first-order valence-corrected chi connectivity index (χ1v) is 12.1. The van der Waals surface area contributed by atoms with Crippen LogP contribution in [0.3, 0.4) is 0 Å². The molecule has 0 aliphatic heterocycles. The van der Waals surface area contributed by atoms with Crippen molar-refractivity contribution in [1.82, 2.24) is 9.97 Å². The Morgan fingerprint density at radius 2 is 2.00 bits per heavy atom. The number of aromatic carboxylic acids is 1. The topological polar surface area (TPSA) is 75.1 Å². The number of halogens is 1. The predicted octanol–water partition coefficient (Wildman–Crippen LogP) is 6.19. The van der Waals surface area contributed by atoms with Crippen LogP contribution in [0.15, 0.2) is 47.6 Å². The highest BCUT2D eigenvalue weighted by Crippen LogP contribution is 2.34. The maximum Gasteiger partial charge on any atom is 0.336 e. The molecule has 0 bridgehead atoms. The van der Waals surface area contributed by atoms with Gasteiger partial charge >= 0.3 is 5.97 Å². The van der Waals surface area contributed by atoms with Crippen LogP contribution in [0.1, 0.15) is 26.4 Å². The normalized spacial score (nSPS) is 11.1. The van der Waals surface area contributed by atoms with Gasteiger partial charge in [0.15, 0.2) is 0 Å². The van der Waals surface area contributed by atoms with Gasteiger partial charge < -0.3 is 10.4 Å². The monoisotopic (exact) mass is 467 g/mol. The van der Waals surface area contributed by atoms with Crippen molar-refractivity contribution in [2.24, 2.45) is 0 Å². The van der Waals surface area contributed by atoms with Crippen molar-refractivity contribution >= 4 is 45.0 Å². The van der Waals surface area contributed by atoms with E-state index in [1.54, 1.807) is 23.5 Å². The summed E-state index contributed by atoms with van der Waals surface area (Å²) in [7, 11) is 0. The number of rotatable bonds is 7. The molecule has 0 aliphatic carbocycles. The molecule has 5 nitrogen and oxygen atoms in total. The van der Waals surface area contributed by atoms with Gasteiger partial charge in [0.05, 0.1) is 11.3 Å². The van der Waals surface area contributed by atoms with E-state index in [1.807, 2.05) is 31.4 Å². The lowest BCUT2D eigenvalue weighted by Gasteiger charge is -2.09. The minimum Gasteiger partial charge on any atom is -0.478 e. The smallest absolute Gasteiger partial charge is 0.336 e. The van der Waals surface area contributed by atoms with Gasteiger partial charge in [0.25, 0.3) is 0 Å². The number of carboxylic acid groups (broad SMARTS) is 1. The van der Waals surface area contributed by atoms with E-state index < -0.39 is 5.97 Å². The van der Waals surface area contributed by atoms with Crippen molar-refractivity contribution < 1.29 is 14.3 Å². The molecule has 0 spiro atoms. The number of benzene rings is 2. The highest BCUT2D eigenvalue weighted by Gasteiger charge is 2.14. The summed E-state index contributed by atoms with van der Waals surface area (Å²) >= 11 is 3.03. The van der Waals surface area contributed by atoms with Crippen LogP contribution in [0.2, 0.25) is 0 Å². The molecule has 2 aromatic carbocycles. The summed E-state index contributed by atoms with van der Waals surface area (Å²) in [6.07, 6.45) is 4.14. The van der Waals surface area contributed by atoms with E-state index in [9.17, 15) is 14.3 Å². The Balaban J connectivity index is 1.51. The van der Waals surface area contributed by atoms with Gasteiger partial charge in [-0.05, 0) is 55.7 Å². The number of carboxylic acids is 1. The zero-order chi connectivity index (χ0) is 22.8. The van der Waals surface area contributed by atoms with E-state index in [0.29, 0.717) is 22.8 Å². The Morgan fingerprint density at radius 1 is 1.19 bits per heavy atom. The molecule has 0 saturated carbocycles. The van der Waals surface area contributed by atoms with Crippen LogP contribution < -0.4 is 5.32 Å². The molecule has 0 aliphatic rings. The molecule has 8 heteroatoms. The van der Waals surface area contributed by atoms with E-state index in [-0.39, 0.29) is 11.4 Å². The van der Waals surface area contributed by atoms with E-state index in [0.717, 1.165) is 27.8 Å². The Bertz CT molecular complexity index is 1320. The maximum atomic E-state index is 13.9. The van der Waals surface area contributed by atoms with Crippen LogP contribution in [0, 0.1) is 19.7 Å². The van der Waals surface area contributed by atoms with Gasteiger partial charge in [-0.2, -0.15) is 0 Å². The van der Waals surface area contributed by atoms with E-state index in [4.69, 9.17) is 0 Å². The van der Waals surface area contributed by atoms with Crippen molar-refractivity contribution in [2.45, 2.75) is 25.2 Å². The minimum absolute atomic E-state index is 0.169. The van der Waals surface area contributed by atoms with Gasteiger partial charge in [0.2, 0.25) is 0 Å². The number of thioether (sulfide) groups is 1. The van der Waals surface area contributed by atoms with Gasteiger partial charge in [0, 0.05) is 38.2 Å². The first-order chi connectivity index (χ1) is 15.4. The molecule has 0 unspecified atom stereocenters. The lowest BCUT2D eigenvalue weighted by atomic mass is 10.1. The van der Waals surface area contributed by atoms with Gasteiger partial charge in [-0.1, -0.05) is 12.1 Å². The van der Waals surface area contributed by atoms with E-state index in [2.05, 4.69) is 22.2 Å². The van der Waals surface area contributed by atoms with Crippen LogP contribution in [0.5, 0.6) is 0 Å². The number of nitrogens with zero attached hydrogens (tertiary/aromatic N) is 2. The summed E-state index contributed by atoms with van der Waals surface area (Å²) < 4.78 is 14.9. The summed E-state index contributed by atoms with van der Waals surface area (Å²) in [5.41, 5.74) is 3.76. The number of hydrogen-bond donors (Lipinski definition) is 2. The molecule has 0 radical (unpaired) electrons. The molecule has 0 amide bonds. The molecular weight excluding hydrogens is 445 g/mol. The van der Waals surface area contributed by atoms with Crippen LogP contribution in [0.4, 0.5) is 10.2 Å². The maximum absolute atomic E-state index is 13.9. The molecule has 0 atom stereocenters. The molecule has 2 N–H and O–H groups in total. The molecule has 4 aromatic rings. The molecule has 0 saturated heterocycles. The van der Waals surface area contributed by atoms with Crippen LogP contribution in [-0.4, -0.2) is 33.8 Å². The third-order valence-electron chi connectivity index (χ3n) is 5.42. The molecule has 4 rings (SSSR count).